The number of hydrogen-bond acceptors (Lipinski definition) is 3. The van der Waals surface area contributed by atoms with Gasteiger partial charge in [0, 0.05) is 0 Å². The molecule has 1 atom stereocenters. The SMILES string of the molecule is C=Cc1ccc2cc([I-]N(C3=CC=CC4C=C3Sc3ccccc34)c3cccc4c3sc3ccccc34)ccc2c1/C=C\C. The van der Waals surface area contributed by atoms with Crippen LogP contribution in [0.5, 0.6) is 0 Å². The van der Waals surface area contributed by atoms with E-state index < -0.39 is 21.5 Å². The van der Waals surface area contributed by atoms with Gasteiger partial charge in [-0.1, -0.05) is 0 Å². The van der Waals surface area contributed by atoms with Crippen molar-refractivity contribution in [2.45, 2.75) is 17.7 Å². The molecule has 1 aromatic heterocycles. The number of allylic oxidation sites excluding steroid dienone is 5. The molecule has 0 saturated carbocycles. The van der Waals surface area contributed by atoms with E-state index in [0.29, 0.717) is 5.92 Å². The van der Waals surface area contributed by atoms with Gasteiger partial charge in [-0.25, -0.2) is 0 Å². The normalized spacial score (nSPS) is 15.9. The molecule has 0 N–H and O–H groups in total. The van der Waals surface area contributed by atoms with Gasteiger partial charge >= 0.3 is 279 Å². The standard InChI is InChI=1S/C40H29INS2/c1-3-11-30-26(4-2)20-21-28-24-29(22-23-31(28)30)41-42(36-17-10-15-34-33-14-6-8-19-38(33)44-40(34)36)35-16-9-12-27-25-39(35)43-37-18-7-5-13-32(27)37/h3-25,27H,2H2,1H3/q-1/b11-3-. The van der Waals surface area contributed by atoms with Crippen LogP contribution in [0.3, 0.4) is 0 Å². The van der Waals surface area contributed by atoms with E-state index in [0.717, 1.165) is 0 Å². The predicted molar refractivity (Wildman–Crippen MR) is 190 cm³/mol. The zero-order valence-corrected chi connectivity index (χ0v) is 28.0. The van der Waals surface area contributed by atoms with Crippen LogP contribution in [0.2, 0.25) is 0 Å². The van der Waals surface area contributed by atoms with E-state index >= 15 is 0 Å². The Labute approximate surface area is 277 Å². The van der Waals surface area contributed by atoms with Crippen molar-refractivity contribution in [3.05, 3.63) is 165 Å². The Morgan fingerprint density at radius 3 is 2.64 bits per heavy atom. The second-order valence-electron chi connectivity index (χ2n) is 10.9. The topological polar surface area (TPSA) is 3.24 Å². The molecule has 44 heavy (non-hydrogen) atoms. The minimum absolute atomic E-state index is 0.293. The van der Waals surface area contributed by atoms with E-state index in [1.807, 2.05) is 29.2 Å². The van der Waals surface area contributed by atoms with E-state index in [1.165, 1.54) is 72.4 Å². The van der Waals surface area contributed by atoms with Crippen LogP contribution in [0.15, 0.2) is 150 Å². The van der Waals surface area contributed by atoms with Crippen molar-refractivity contribution in [2.24, 2.45) is 0 Å². The number of thiophene rings is 1. The van der Waals surface area contributed by atoms with Crippen molar-refractivity contribution < 1.29 is 21.5 Å². The Morgan fingerprint density at radius 1 is 0.864 bits per heavy atom. The van der Waals surface area contributed by atoms with E-state index in [9.17, 15) is 0 Å². The fraction of sp³-hybridized carbons (Fsp3) is 0.0500. The molecular weight excluding hydrogens is 685 g/mol. The van der Waals surface area contributed by atoms with Crippen molar-refractivity contribution in [1.29, 1.82) is 0 Å². The molecule has 2 bridgehead atoms. The van der Waals surface area contributed by atoms with Crippen molar-refractivity contribution in [3.63, 3.8) is 0 Å². The quantitative estimate of drug-likeness (QED) is 0.125. The number of hydrogen-bond donors (Lipinski definition) is 0. The number of anilines is 1. The van der Waals surface area contributed by atoms with Crippen LogP contribution >= 0.6 is 23.1 Å². The van der Waals surface area contributed by atoms with Gasteiger partial charge in [0.25, 0.3) is 0 Å². The summed E-state index contributed by atoms with van der Waals surface area (Å²) in [5, 5.41) is 5.22. The van der Waals surface area contributed by atoms with Gasteiger partial charge in [-0.3, -0.25) is 0 Å². The Morgan fingerprint density at radius 2 is 1.73 bits per heavy atom. The van der Waals surface area contributed by atoms with Gasteiger partial charge in [-0.2, -0.15) is 0 Å². The predicted octanol–water partition coefficient (Wildman–Crippen LogP) is 8.79. The van der Waals surface area contributed by atoms with Crippen LogP contribution in [0.1, 0.15) is 29.5 Å². The second kappa shape index (κ2) is 11.6. The van der Waals surface area contributed by atoms with E-state index in [2.05, 4.69) is 150 Å². The Balaban J connectivity index is 1.29. The first kappa shape index (κ1) is 27.7. The van der Waals surface area contributed by atoms with E-state index in [1.54, 1.807) is 0 Å². The van der Waals surface area contributed by atoms with Crippen LogP contribution in [0.25, 0.3) is 43.1 Å². The molecule has 0 saturated heterocycles. The molecule has 2 heterocycles. The Bertz CT molecular complexity index is 2230. The second-order valence-corrected chi connectivity index (χ2v) is 15.7. The summed E-state index contributed by atoms with van der Waals surface area (Å²) in [5.74, 6) is 0.293. The summed E-state index contributed by atoms with van der Waals surface area (Å²) in [7, 11) is 0. The van der Waals surface area contributed by atoms with Crippen LogP contribution < -0.4 is 24.6 Å². The summed E-state index contributed by atoms with van der Waals surface area (Å²) >= 11 is 3.21. The van der Waals surface area contributed by atoms with E-state index in [-0.39, 0.29) is 0 Å². The first-order valence-corrected chi connectivity index (χ1v) is 18.4. The number of halogens is 1. The average molecular weight is 715 g/mol. The molecule has 1 aliphatic heterocycles. The summed E-state index contributed by atoms with van der Waals surface area (Å²) < 4.78 is 6.73. The van der Waals surface area contributed by atoms with Crippen molar-refractivity contribution in [3.8, 4) is 0 Å². The number of nitrogens with zero attached hydrogens (tertiary/aromatic N) is 1. The molecule has 0 radical (unpaired) electrons. The summed E-state index contributed by atoms with van der Waals surface area (Å²) in [6, 6.07) is 36.0. The Kier molecular flexibility index (Phi) is 7.29. The molecule has 4 heteroatoms. The number of thioether (sulfide) groups is 1. The zero-order valence-electron chi connectivity index (χ0n) is 24.2. The van der Waals surface area contributed by atoms with Gasteiger partial charge in [0.15, 0.2) is 0 Å². The fourth-order valence-electron chi connectivity index (χ4n) is 6.19. The summed E-state index contributed by atoms with van der Waals surface area (Å²) in [4.78, 5) is 2.69. The van der Waals surface area contributed by atoms with Crippen LogP contribution in [0, 0.1) is 3.57 Å². The summed E-state index contributed by atoms with van der Waals surface area (Å²) in [6.45, 7) is 6.13. The molecular formula is C40H29INS2-. The number of fused-ring (bicyclic) bond motifs is 7. The average Bonchev–Trinajstić information content (AvgIpc) is 3.36. The molecule has 6 aromatic rings. The number of rotatable bonds is 6. The molecule has 214 valence electrons. The van der Waals surface area contributed by atoms with Gasteiger partial charge in [0.2, 0.25) is 0 Å². The third-order valence-corrected chi connectivity index (χ3v) is 13.4. The molecule has 1 unspecified atom stereocenters. The van der Waals surface area contributed by atoms with Crippen molar-refractivity contribution >= 4 is 71.9 Å². The zero-order chi connectivity index (χ0) is 29.6. The summed E-state index contributed by atoms with van der Waals surface area (Å²) in [6.07, 6.45) is 15.7. The minimum atomic E-state index is -0.611. The number of benzene rings is 5. The molecule has 2 aliphatic rings. The molecule has 0 spiro atoms. The van der Waals surface area contributed by atoms with E-state index in [4.69, 9.17) is 0 Å². The van der Waals surface area contributed by atoms with Gasteiger partial charge in [-0.05, 0) is 0 Å². The molecule has 0 amide bonds. The van der Waals surface area contributed by atoms with Gasteiger partial charge < -0.3 is 0 Å². The third kappa shape index (κ3) is 4.76. The summed E-state index contributed by atoms with van der Waals surface area (Å²) in [5.41, 5.74) is 6.39. The van der Waals surface area contributed by atoms with Crippen molar-refractivity contribution in [1.82, 2.24) is 0 Å². The maximum absolute atomic E-state index is 4.06. The van der Waals surface area contributed by atoms with Gasteiger partial charge in [-0.15, -0.1) is 0 Å². The van der Waals surface area contributed by atoms with Crippen LogP contribution in [-0.2, 0) is 0 Å². The van der Waals surface area contributed by atoms with Crippen LogP contribution in [0.4, 0.5) is 5.69 Å². The molecule has 5 aromatic carbocycles. The maximum atomic E-state index is 4.06. The monoisotopic (exact) mass is 714 g/mol. The van der Waals surface area contributed by atoms with Crippen molar-refractivity contribution in [2.75, 3.05) is 3.11 Å². The first-order chi connectivity index (χ1) is 21.7. The molecule has 0 fully saturated rings. The van der Waals surface area contributed by atoms with Crippen LogP contribution in [-0.4, -0.2) is 0 Å². The molecule has 8 rings (SSSR count). The molecule has 1 aliphatic carbocycles. The first-order valence-electron chi connectivity index (χ1n) is 14.8. The van der Waals surface area contributed by atoms with Gasteiger partial charge in [0.1, 0.15) is 0 Å². The Hall–Kier alpha value is -3.84. The third-order valence-electron chi connectivity index (χ3n) is 8.25. The van der Waals surface area contributed by atoms with Gasteiger partial charge in [0.05, 0.1) is 0 Å². The fourth-order valence-corrected chi connectivity index (χ4v) is 11.6. The molecule has 1 nitrogen and oxygen atoms in total.